The van der Waals surface area contributed by atoms with Gasteiger partial charge in [0.25, 0.3) is 0 Å². The molecular formula is C22H20N2. The van der Waals surface area contributed by atoms with E-state index in [4.69, 9.17) is 4.98 Å². The van der Waals surface area contributed by atoms with Gasteiger partial charge in [0.2, 0.25) is 0 Å². The minimum atomic E-state index is 0.157. The Hall–Kier alpha value is -2.48. The van der Waals surface area contributed by atoms with Crippen LogP contribution in [0.25, 0.3) is 22.4 Å². The van der Waals surface area contributed by atoms with Crippen LogP contribution >= 0.6 is 0 Å². The van der Waals surface area contributed by atoms with Crippen molar-refractivity contribution in [1.29, 1.82) is 0 Å². The number of nitrogens with zero attached hydrogens (tertiary/aromatic N) is 2. The molecule has 118 valence electrons. The molecule has 0 N–H and O–H groups in total. The van der Waals surface area contributed by atoms with Crippen LogP contribution in [-0.2, 0) is 5.41 Å². The molecule has 0 amide bonds. The molecule has 0 radical (unpaired) electrons. The van der Waals surface area contributed by atoms with Crippen LogP contribution in [0.3, 0.4) is 0 Å². The molecule has 1 saturated carbocycles. The van der Waals surface area contributed by atoms with E-state index in [1.54, 1.807) is 0 Å². The van der Waals surface area contributed by atoms with Gasteiger partial charge in [-0.25, -0.2) is 0 Å². The van der Waals surface area contributed by atoms with Gasteiger partial charge in [0, 0.05) is 28.9 Å². The van der Waals surface area contributed by atoms with E-state index in [-0.39, 0.29) is 5.41 Å². The molecule has 1 spiro atoms. The Kier molecular flexibility index (Phi) is 2.90. The average molecular weight is 312 g/mol. The summed E-state index contributed by atoms with van der Waals surface area (Å²) >= 11 is 0. The van der Waals surface area contributed by atoms with E-state index in [9.17, 15) is 0 Å². The summed E-state index contributed by atoms with van der Waals surface area (Å²) in [6, 6.07) is 15.4. The quantitative estimate of drug-likeness (QED) is 0.610. The van der Waals surface area contributed by atoms with Crippen LogP contribution < -0.4 is 0 Å². The fourth-order valence-corrected chi connectivity index (χ4v) is 4.65. The van der Waals surface area contributed by atoms with Crippen LogP contribution in [0, 0.1) is 6.92 Å². The lowest BCUT2D eigenvalue weighted by molar-refractivity contribution is 0.533. The molecule has 24 heavy (non-hydrogen) atoms. The van der Waals surface area contributed by atoms with Crippen LogP contribution in [0.15, 0.2) is 54.9 Å². The molecule has 5 rings (SSSR count). The molecule has 2 heterocycles. The molecule has 2 aliphatic rings. The zero-order valence-corrected chi connectivity index (χ0v) is 13.9. The molecule has 0 atom stereocenters. The van der Waals surface area contributed by atoms with Gasteiger partial charge in [-0.3, -0.25) is 9.97 Å². The Morgan fingerprint density at radius 2 is 1.75 bits per heavy atom. The van der Waals surface area contributed by atoms with Crippen molar-refractivity contribution >= 4 is 0 Å². The number of fused-ring (bicyclic) bond motifs is 5. The summed E-state index contributed by atoms with van der Waals surface area (Å²) in [7, 11) is 0. The fraction of sp³-hybridized carbons (Fsp3) is 0.273. The molecule has 3 aromatic rings. The lowest BCUT2D eigenvalue weighted by Gasteiger charge is -2.25. The maximum absolute atomic E-state index is 4.81. The zero-order chi connectivity index (χ0) is 16.1. The summed E-state index contributed by atoms with van der Waals surface area (Å²) in [6.45, 7) is 2.12. The van der Waals surface area contributed by atoms with E-state index >= 15 is 0 Å². The topological polar surface area (TPSA) is 25.8 Å². The van der Waals surface area contributed by atoms with Gasteiger partial charge in [-0.05, 0) is 60.7 Å². The number of pyridine rings is 2. The molecule has 2 nitrogen and oxygen atoms in total. The molecular weight excluding hydrogens is 292 g/mol. The van der Waals surface area contributed by atoms with Crippen molar-refractivity contribution in [2.45, 2.75) is 38.0 Å². The monoisotopic (exact) mass is 312 g/mol. The summed E-state index contributed by atoms with van der Waals surface area (Å²) in [5.74, 6) is 0. The Labute approximate surface area is 142 Å². The maximum Gasteiger partial charge on any atom is 0.0704 e. The van der Waals surface area contributed by atoms with Crippen molar-refractivity contribution in [3.63, 3.8) is 0 Å². The second-order valence-electron chi connectivity index (χ2n) is 7.17. The first-order valence-electron chi connectivity index (χ1n) is 8.81. The predicted molar refractivity (Wildman–Crippen MR) is 96.9 cm³/mol. The predicted octanol–water partition coefficient (Wildman–Crippen LogP) is 5.29. The van der Waals surface area contributed by atoms with Gasteiger partial charge in [0.1, 0.15) is 0 Å². The van der Waals surface area contributed by atoms with Crippen LogP contribution in [0.1, 0.15) is 42.5 Å². The van der Waals surface area contributed by atoms with Crippen LogP contribution in [0.5, 0.6) is 0 Å². The largest absolute Gasteiger partial charge is 0.260 e. The van der Waals surface area contributed by atoms with E-state index in [0.717, 1.165) is 5.69 Å². The zero-order valence-electron chi connectivity index (χ0n) is 13.9. The number of hydrogen-bond acceptors (Lipinski definition) is 2. The molecule has 2 aromatic heterocycles. The summed E-state index contributed by atoms with van der Waals surface area (Å²) in [4.78, 5) is 9.37. The van der Waals surface area contributed by atoms with Crippen LogP contribution in [0.4, 0.5) is 0 Å². The maximum atomic E-state index is 4.81. The SMILES string of the molecule is Cc1ccnc(-c2ccc3c(c2)-c2cccnc2C32CCCC2)c1. The Balaban J connectivity index is 1.74. The standard InChI is InChI=1S/C22H20N2/c1-15-8-12-23-20(13-15)16-6-7-19-18(14-16)17-5-4-11-24-21(17)22(19)9-2-3-10-22/h4-8,11-14H,2-3,9-10H2,1H3. The van der Waals surface area contributed by atoms with E-state index in [1.807, 2.05) is 18.5 Å². The first-order valence-corrected chi connectivity index (χ1v) is 8.81. The van der Waals surface area contributed by atoms with Gasteiger partial charge in [-0.15, -0.1) is 0 Å². The van der Waals surface area contributed by atoms with Crippen molar-refractivity contribution < 1.29 is 0 Å². The third kappa shape index (κ3) is 1.83. The summed E-state index contributed by atoms with van der Waals surface area (Å²) in [5.41, 5.74) is 9.11. The smallest absolute Gasteiger partial charge is 0.0704 e. The molecule has 2 heteroatoms. The number of benzene rings is 1. The molecule has 1 fully saturated rings. The third-order valence-electron chi connectivity index (χ3n) is 5.75. The molecule has 0 aliphatic heterocycles. The minimum Gasteiger partial charge on any atom is -0.260 e. The van der Waals surface area contributed by atoms with Gasteiger partial charge < -0.3 is 0 Å². The van der Waals surface area contributed by atoms with Crippen LogP contribution in [-0.4, -0.2) is 9.97 Å². The van der Waals surface area contributed by atoms with Crippen molar-refractivity contribution in [3.8, 4) is 22.4 Å². The van der Waals surface area contributed by atoms with Crippen LogP contribution in [0.2, 0.25) is 0 Å². The average Bonchev–Trinajstić information content (AvgIpc) is 3.21. The van der Waals surface area contributed by atoms with Crippen molar-refractivity contribution in [2.24, 2.45) is 0 Å². The first kappa shape index (κ1) is 13.9. The van der Waals surface area contributed by atoms with Gasteiger partial charge >= 0.3 is 0 Å². The second-order valence-corrected chi connectivity index (χ2v) is 7.17. The molecule has 0 bridgehead atoms. The Morgan fingerprint density at radius 3 is 2.58 bits per heavy atom. The van der Waals surface area contributed by atoms with E-state index in [0.29, 0.717) is 0 Å². The van der Waals surface area contributed by atoms with Gasteiger partial charge in [-0.2, -0.15) is 0 Å². The highest BCUT2D eigenvalue weighted by Gasteiger charge is 2.46. The van der Waals surface area contributed by atoms with E-state index in [1.165, 1.54) is 59.2 Å². The second kappa shape index (κ2) is 5.01. The lowest BCUT2D eigenvalue weighted by Crippen LogP contribution is -2.21. The third-order valence-corrected chi connectivity index (χ3v) is 5.75. The Bertz CT molecular complexity index is 936. The molecule has 2 aliphatic carbocycles. The fourth-order valence-electron chi connectivity index (χ4n) is 4.65. The number of aryl methyl sites for hydroxylation is 1. The van der Waals surface area contributed by atoms with E-state index < -0.39 is 0 Å². The lowest BCUT2D eigenvalue weighted by atomic mass is 9.79. The molecule has 0 saturated heterocycles. The van der Waals surface area contributed by atoms with Crippen molar-refractivity contribution in [3.05, 3.63) is 71.7 Å². The van der Waals surface area contributed by atoms with Gasteiger partial charge in [0.15, 0.2) is 0 Å². The highest BCUT2D eigenvalue weighted by molar-refractivity contribution is 5.83. The van der Waals surface area contributed by atoms with Gasteiger partial charge in [-0.1, -0.05) is 31.0 Å². The highest BCUT2D eigenvalue weighted by atomic mass is 14.7. The normalized spacial score (nSPS) is 17.0. The number of hydrogen-bond donors (Lipinski definition) is 0. The molecule has 0 unspecified atom stereocenters. The summed E-state index contributed by atoms with van der Waals surface area (Å²) < 4.78 is 0. The van der Waals surface area contributed by atoms with Crippen molar-refractivity contribution in [1.82, 2.24) is 9.97 Å². The Morgan fingerprint density at radius 1 is 0.875 bits per heavy atom. The molecule has 1 aromatic carbocycles. The summed E-state index contributed by atoms with van der Waals surface area (Å²) in [5, 5.41) is 0. The first-order chi connectivity index (χ1) is 11.8. The minimum absolute atomic E-state index is 0.157. The number of rotatable bonds is 1. The van der Waals surface area contributed by atoms with Crippen molar-refractivity contribution in [2.75, 3.05) is 0 Å². The summed E-state index contributed by atoms with van der Waals surface area (Å²) in [6.07, 6.45) is 8.91. The van der Waals surface area contributed by atoms with Gasteiger partial charge in [0.05, 0.1) is 11.4 Å². The van der Waals surface area contributed by atoms with E-state index in [2.05, 4.69) is 48.3 Å². The number of aromatic nitrogens is 2. The highest BCUT2D eigenvalue weighted by Crippen LogP contribution is 2.56.